The molecule has 0 fully saturated rings. The summed E-state index contributed by atoms with van der Waals surface area (Å²) in [6, 6.07) is 10.7. The lowest BCUT2D eigenvalue weighted by Gasteiger charge is -2.17. The third-order valence-electron chi connectivity index (χ3n) is 4.19. The number of amides is 1. The Hall–Kier alpha value is -3.50. The maximum atomic E-state index is 12.5. The lowest BCUT2D eigenvalue weighted by atomic mass is 10.1. The molecule has 2 aromatic carbocycles. The normalized spacial score (nSPS) is 11.9. The van der Waals surface area contributed by atoms with Crippen LogP contribution in [0.2, 0.25) is 5.02 Å². The number of hydrogen-bond donors (Lipinski definition) is 2. The summed E-state index contributed by atoms with van der Waals surface area (Å²) < 4.78 is 11.1. The minimum absolute atomic E-state index is 0.0173. The smallest absolute Gasteiger partial charge is 0.335 e. The molecule has 0 unspecified atom stereocenters. The number of halogens is 1. The first kappa shape index (κ1) is 22.8. The molecule has 8 heteroatoms. The van der Waals surface area contributed by atoms with Crippen molar-refractivity contribution in [2.75, 3.05) is 12.4 Å². The molecule has 2 N–H and O–H groups in total. The number of nitrogens with one attached hydrogen (secondary N) is 1. The zero-order valence-electron chi connectivity index (χ0n) is 16.7. The summed E-state index contributed by atoms with van der Waals surface area (Å²) in [5.41, 5.74) is 0.557. The third kappa shape index (κ3) is 5.75. The van der Waals surface area contributed by atoms with Crippen molar-refractivity contribution in [3.63, 3.8) is 0 Å². The number of anilines is 1. The summed E-state index contributed by atoms with van der Waals surface area (Å²) in [7, 11) is 1.47. The van der Waals surface area contributed by atoms with Crippen LogP contribution in [0.15, 0.2) is 42.0 Å². The van der Waals surface area contributed by atoms with E-state index >= 15 is 0 Å². The van der Waals surface area contributed by atoms with E-state index < -0.39 is 11.9 Å². The quantitative estimate of drug-likeness (QED) is 0.463. The maximum Gasteiger partial charge on any atom is 0.335 e. The molecule has 0 aliphatic heterocycles. The number of carboxylic acids is 1. The fourth-order valence-electron chi connectivity index (χ4n) is 2.47. The summed E-state index contributed by atoms with van der Waals surface area (Å²) in [5.74, 6) is -1.04. The molecule has 1 amide bonds. The largest absolute Gasteiger partial charge is 0.493 e. The van der Waals surface area contributed by atoms with Gasteiger partial charge in [-0.05, 0) is 55.3 Å². The molecule has 0 saturated heterocycles. The van der Waals surface area contributed by atoms with Crippen LogP contribution in [-0.2, 0) is 4.79 Å². The van der Waals surface area contributed by atoms with Gasteiger partial charge in [-0.15, -0.1) is 0 Å². The lowest BCUT2D eigenvalue weighted by molar-refractivity contribution is -0.112. The van der Waals surface area contributed by atoms with Crippen molar-refractivity contribution < 1.29 is 24.2 Å². The molecule has 0 heterocycles. The molecule has 0 aliphatic rings. The number of methoxy groups -OCH3 is 1. The number of carbonyl (C=O) groups is 2. The van der Waals surface area contributed by atoms with Crippen LogP contribution in [0.25, 0.3) is 6.08 Å². The third-order valence-corrected chi connectivity index (χ3v) is 4.47. The van der Waals surface area contributed by atoms with Gasteiger partial charge in [-0.2, -0.15) is 5.26 Å². The monoisotopic (exact) mass is 428 g/mol. The van der Waals surface area contributed by atoms with Gasteiger partial charge in [-0.1, -0.05) is 24.6 Å². The second-order valence-corrected chi connectivity index (χ2v) is 6.79. The van der Waals surface area contributed by atoms with Crippen LogP contribution in [0.1, 0.15) is 36.2 Å². The average molecular weight is 429 g/mol. The number of hydrogen-bond acceptors (Lipinski definition) is 5. The lowest BCUT2D eigenvalue weighted by Crippen LogP contribution is -2.14. The standard InChI is InChI=1S/C22H21ClN2O5/c1-4-13(2)30-20-18(23)9-14(10-19(20)29-3)8-16(12-24)21(26)25-17-7-5-6-15(11-17)22(27)28/h5-11,13H,4H2,1-3H3,(H,25,26)(H,27,28)/b16-8-/t13-/m0/s1. The fraction of sp³-hybridized carbons (Fsp3) is 0.227. The molecule has 30 heavy (non-hydrogen) atoms. The van der Waals surface area contributed by atoms with Crippen molar-refractivity contribution in [1.29, 1.82) is 5.26 Å². The van der Waals surface area contributed by atoms with Crippen LogP contribution in [0.5, 0.6) is 11.5 Å². The van der Waals surface area contributed by atoms with Crippen molar-refractivity contribution in [1.82, 2.24) is 0 Å². The number of carbonyl (C=O) groups excluding carboxylic acids is 1. The molecule has 0 spiro atoms. The van der Waals surface area contributed by atoms with Crippen LogP contribution in [0.3, 0.4) is 0 Å². The van der Waals surface area contributed by atoms with Crippen LogP contribution in [0.4, 0.5) is 5.69 Å². The Morgan fingerprint density at radius 3 is 2.67 bits per heavy atom. The zero-order chi connectivity index (χ0) is 22.3. The number of nitriles is 1. The van der Waals surface area contributed by atoms with Gasteiger partial charge in [-0.25, -0.2) is 4.79 Å². The number of aromatic carboxylic acids is 1. The van der Waals surface area contributed by atoms with E-state index in [1.807, 2.05) is 19.9 Å². The average Bonchev–Trinajstić information content (AvgIpc) is 2.73. The van der Waals surface area contributed by atoms with E-state index in [4.69, 9.17) is 26.2 Å². The highest BCUT2D eigenvalue weighted by Gasteiger charge is 2.16. The van der Waals surface area contributed by atoms with Crippen molar-refractivity contribution >= 4 is 35.2 Å². The van der Waals surface area contributed by atoms with Gasteiger partial charge in [0, 0.05) is 5.69 Å². The van der Waals surface area contributed by atoms with Gasteiger partial charge in [0.15, 0.2) is 11.5 Å². The molecule has 0 aliphatic carbocycles. The number of rotatable bonds is 8. The molecule has 0 saturated carbocycles. The van der Waals surface area contributed by atoms with Gasteiger partial charge in [0.2, 0.25) is 0 Å². The Kier molecular flexibility index (Phi) is 7.84. The molecule has 7 nitrogen and oxygen atoms in total. The Labute approximate surface area is 179 Å². The Morgan fingerprint density at radius 1 is 1.33 bits per heavy atom. The first-order valence-electron chi connectivity index (χ1n) is 9.09. The predicted molar refractivity (Wildman–Crippen MR) is 114 cm³/mol. The highest BCUT2D eigenvalue weighted by molar-refractivity contribution is 6.32. The predicted octanol–water partition coefficient (Wildman–Crippen LogP) is 4.77. The van der Waals surface area contributed by atoms with Crippen LogP contribution < -0.4 is 14.8 Å². The molecule has 156 valence electrons. The highest BCUT2D eigenvalue weighted by atomic mass is 35.5. The van der Waals surface area contributed by atoms with E-state index in [0.29, 0.717) is 17.1 Å². The fourth-order valence-corrected chi connectivity index (χ4v) is 2.73. The number of benzene rings is 2. The van der Waals surface area contributed by atoms with E-state index in [9.17, 15) is 14.9 Å². The minimum Gasteiger partial charge on any atom is -0.493 e. The van der Waals surface area contributed by atoms with E-state index in [2.05, 4.69) is 5.32 Å². The summed E-state index contributed by atoms with van der Waals surface area (Å²) in [5, 5.41) is 21.3. The van der Waals surface area contributed by atoms with Crippen LogP contribution >= 0.6 is 11.6 Å². The van der Waals surface area contributed by atoms with Crippen LogP contribution in [-0.4, -0.2) is 30.2 Å². The molecule has 1 atom stereocenters. The molecule has 2 aromatic rings. The van der Waals surface area contributed by atoms with Gasteiger partial charge in [0.25, 0.3) is 5.91 Å². The number of nitrogens with zero attached hydrogens (tertiary/aromatic N) is 1. The van der Waals surface area contributed by atoms with E-state index in [1.54, 1.807) is 12.1 Å². The summed E-state index contributed by atoms with van der Waals surface area (Å²) in [4.78, 5) is 23.5. The summed E-state index contributed by atoms with van der Waals surface area (Å²) in [6.45, 7) is 3.88. The van der Waals surface area contributed by atoms with Gasteiger partial charge in [0.1, 0.15) is 11.6 Å². The van der Waals surface area contributed by atoms with Crippen molar-refractivity contribution in [3.8, 4) is 17.6 Å². The SMILES string of the molecule is CC[C@H](C)Oc1c(Cl)cc(/C=C(/C#N)C(=O)Nc2cccc(C(=O)O)c2)cc1OC. The second kappa shape index (κ2) is 10.3. The Bertz CT molecular complexity index is 1030. The molecule has 0 radical (unpaired) electrons. The van der Waals surface area contributed by atoms with Gasteiger partial charge < -0.3 is 19.9 Å². The number of ether oxygens (including phenoxy) is 2. The van der Waals surface area contributed by atoms with E-state index in [0.717, 1.165) is 6.42 Å². The number of carboxylic acid groups (broad SMARTS) is 1. The highest BCUT2D eigenvalue weighted by Crippen LogP contribution is 2.38. The van der Waals surface area contributed by atoms with Crippen LogP contribution in [0, 0.1) is 11.3 Å². The second-order valence-electron chi connectivity index (χ2n) is 6.38. The summed E-state index contributed by atoms with van der Waals surface area (Å²) in [6.07, 6.45) is 2.07. The molecule has 0 bridgehead atoms. The van der Waals surface area contributed by atoms with Crippen molar-refractivity contribution in [3.05, 3.63) is 58.1 Å². The van der Waals surface area contributed by atoms with Gasteiger partial charge in [0.05, 0.1) is 23.8 Å². The molecule has 2 rings (SSSR count). The molecular formula is C22H21ClN2O5. The van der Waals surface area contributed by atoms with Gasteiger partial charge >= 0.3 is 5.97 Å². The van der Waals surface area contributed by atoms with Gasteiger partial charge in [-0.3, -0.25) is 4.79 Å². The molecular weight excluding hydrogens is 408 g/mol. The summed E-state index contributed by atoms with van der Waals surface area (Å²) >= 11 is 6.32. The maximum absolute atomic E-state index is 12.5. The Balaban J connectivity index is 2.32. The van der Waals surface area contributed by atoms with Crippen molar-refractivity contribution in [2.24, 2.45) is 0 Å². The van der Waals surface area contributed by atoms with E-state index in [1.165, 1.54) is 37.5 Å². The first-order chi connectivity index (χ1) is 14.3. The van der Waals surface area contributed by atoms with Crippen molar-refractivity contribution in [2.45, 2.75) is 26.4 Å². The molecule has 0 aromatic heterocycles. The minimum atomic E-state index is -1.12. The topological polar surface area (TPSA) is 109 Å². The first-order valence-corrected chi connectivity index (χ1v) is 9.47. The zero-order valence-corrected chi connectivity index (χ0v) is 17.5. The Morgan fingerprint density at radius 2 is 2.07 bits per heavy atom. The van der Waals surface area contributed by atoms with E-state index in [-0.39, 0.29) is 28.0 Å².